The van der Waals surface area contributed by atoms with Crippen LogP contribution in [0, 0.1) is 0 Å². The molecule has 0 aromatic heterocycles. The highest BCUT2D eigenvalue weighted by atomic mass is 32.2. The molecular formula is C8H14O7S2. The van der Waals surface area contributed by atoms with E-state index in [1.807, 2.05) is 0 Å². The number of ketones is 1. The van der Waals surface area contributed by atoms with Gasteiger partial charge in [0.05, 0.1) is 11.9 Å². The Kier molecular flexibility index (Phi) is 4.55. The van der Waals surface area contributed by atoms with E-state index in [1.54, 1.807) is 0 Å². The van der Waals surface area contributed by atoms with Crippen LogP contribution >= 0.6 is 11.8 Å². The maximum Gasteiger partial charge on any atom is 0.305 e. The van der Waals surface area contributed by atoms with Crippen LogP contribution in [0.25, 0.3) is 0 Å². The Bertz CT molecular complexity index is 387. The first-order valence-corrected chi connectivity index (χ1v) is 7.38. The molecule has 0 spiro atoms. The third-order valence-corrected chi connectivity index (χ3v) is 5.23. The van der Waals surface area contributed by atoms with Crippen LogP contribution in [0.5, 0.6) is 0 Å². The van der Waals surface area contributed by atoms with E-state index in [2.05, 4.69) is 0 Å². The summed E-state index contributed by atoms with van der Waals surface area (Å²) in [6.07, 6.45) is -1.23. The van der Waals surface area contributed by atoms with Crippen molar-refractivity contribution in [1.29, 1.82) is 0 Å². The van der Waals surface area contributed by atoms with Gasteiger partial charge in [-0.2, -0.15) is 20.2 Å². The highest BCUT2D eigenvalue weighted by Gasteiger charge is 2.56. The molecule has 4 N–H and O–H groups in total. The zero-order chi connectivity index (χ0) is 13.3. The average Bonchev–Trinajstić information content (AvgIpc) is 2.77. The van der Waals surface area contributed by atoms with Crippen molar-refractivity contribution in [2.45, 2.75) is 29.1 Å². The highest BCUT2D eigenvalue weighted by molar-refractivity contribution is 8.01. The number of hydrogen-bond acceptors (Lipinski definition) is 7. The van der Waals surface area contributed by atoms with Gasteiger partial charge in [0.15, 0.2) is 5.78 Å². The predicted molar refractivity (Wildman–Crippen MR) is 60.1 cm³/mol. The van der Waals surface area contributed by atoms with E-state index in [-0.39, 0.29) is 0 Å². The number of hydrogen-bond donors (Lipinski definition) is 4. The van der Waals surface area contributed by atoms with Gasteiger partial charge in [-0.05, 0) is 18.6 Å². The van der Waals surface area contributed by atoms with Gasteiger partial charge < -0.3 is 15.3 Å². The molecule has 0 radical (unpaired) electrons. The lowest BCUT2D eigenvalue weighted by Crippen LogP contribution is -2.59. The quantitative estimate of drug-likeness (QED) is 0.443. The molecule has 100 valence electrons. The summed E-state index contributed by atoms with van der Waals surface area (Å²) < 4.78 is 31.0. The van der Waals surface area contributed by atoms with E-state index < -0.39 is 38.8 Å². The van der Waals surface area contributed by atoms with Crippen LogP contribution in [-0.2, 0) is 14.9 Å². The predicted octanol–water partition coefficient (Wildman–Crippen LogP) is -1.62. The molecule has 1 fully saturated rings. The molecule has 3 atom stereocenters. The molecule has 1 rings (SSSR count). The number of carbonyl (C=O) groups excluding carboxylic acids is 1. The first kappa shape index (κ1) is 14.9. The van der Waals surface area contributed by atoms with Crippen molar-refractivity contribution >= 4 is 27.7 Å². The Labute approximate surface area is 103 Å². The maximum absolute atomic E-state index is 11.8. The average molecular weight is 286 g/mol. The topological polar surface area (TPSA) is 132 Å². The molecule has 17 heavy (non-hydrogen) atoms. The molecule has 9 heteroatoms. The molecule has 0 amide bonds. The molecule has 1 aliphatic heterocycles. The van der Waals surface area contributed by atoms with Gasteiger partial charge in [-0.1, -0.05) is 0 Å². The zero-order valence-electron chi connectivity index (χ0n) is 8.81. The summed E-state index contributed by atoms with van der Waals surface area (Å²) in [6.45, 7) is -1.15. The van der Waals surface area contributed by atoms with Crippen LogP contribution < -0.4 is 0 Å². The van der Waals surface area contributed by atoms with Crippen LogP contribution in [0.4, 0.5) is 0 Å². The highest BCUT2D eigenvalue weighted by Crippen LogP contribution is 2.33. The summed E-state index contributed by atoms with van der Waals surface area (Å²) in [6, 6.07) is 0. The third kappa shape index (κ3) is 2.64. The smallest absolute Gasteiger partial charge is 0.305 e. The minimum absolute atomic E-state index is 0.361. The fourth-order valence-electron chi connectivity index (χ4n) is 1.60. The second-order valence-electron chi connectivity index (χ2n) is 3.74. The van der Waals surface area contributed by atoms with Gasteiger partial charge in [-0.15, -0.1) is 0 Å². The van der Waals surface area contributed by atoms with Crippen LogP contribution in [0.2, 0.25) is 0 Å². The Balaban J connectivity index is 3.10. The largest absolute Gasteiger partial charge is 0.394 e. The Morgan fingerprint density at radius 3 is 2.47 bits per heavy atom. The number of aliphatic hydroxyl groups excluding tert-OH is 2. The van der Waals surface area contributed by atoms with Gasteiger partial charge in [-0.25, -0.2) is 0 Å². The van der Waals surface area contributed by atoms with Crippen molar-refractivity contribution in [3.8, 4) is 0 Å². The maximum atomic E-state index is 11.8. The molecule has 1 saturated heterocycles. The molecule has 1 aliphatic rings. The van der Waals surface area contributed by atoms with Crippen molar-refractivity contribution in [3.05, 3.63) is 0 Å². The lowest BCUT2D eigenvalue weighted by Gasteiger charge is -2.29. The van der Waals surface area contributed by atoms with Crippen LogP contribution in [-0.4, -0.2) is 62.7 Å². The monoisotopic (exact) mass is 286 g/mol. The molecule has 1 heterocycles. The first-order chi connectivity index (χ1) is 7.75. The van der Waals surface area contributed by atoms with E-state index >= 15 is 0 Å². The second-order valence-corrected chi connectivity index (χ2v) is 6.62. The second kappa shape index (κ2) is 5.21. The van der Waals surface area contributed by atoms with Gasteiger partial charge in [0.2, 0.25) is 0 Å². The molecule has 0 bridgehead atoms. The summed E-state index contributed by atoms with van der Waals surface area (Å²) in [5, 5.41) is 26.9. The lowest BCUT2D eigenvalue weighted by atomic mass is 10.0. The number of carbonyl (C=O) groups is 1. The molecule has 0 aromatic rings. The lowest BCUT2D eigenvalue weighted by molar-refractivity contribution is -0.140. The fraction of sp³-hybridized carbons (Fsp3) is 0.875. The van der Waals surface area contributed by atoms with Crippen LogP contribution in [0.3, 0.4) is 0 Å². The molecule has 0 aromatic carbocycles. The summed E-state index contributed by atoms with van der Waals surface area (Å²) in [5.41, 5.74) is 0. The van der Waals surface area contributed by atoms with Crippen molar-refractivity contribution in [2.75, 3.05) is 12.4 Å². The number of Topliss-reactive ketones (excluding diaryl/α,β-unsaturated/α-hetero) is 1. The summed E-state index contributed by atoms with van der Waals surface area (Å²) in [7, 11) is -5.23. The van der Waals surface area contributed by atoms with Crippen molar-refractivity contribution in [2.24, 2.45) is 0 Å². The Morgan fingerprint density at radius 1 is 1.53 bits per heavy atom. The summed E-state index contributed by atoms with van der Waals surface area (Å²) in [4.78, 5) is 8.48. The summed E-state index contributed by atoms with van der Waals surface area (Å²) >= 11 is 1.14. The first-order valence-electron chi connectivity index (χ1n) is 4.89. The van der Waals surface area contributed by atoms with E-state index in [9.17, 15) is 23.4 Å². The normalized spacial score (nSPS) is 26.5. The van der Waals surface area contributed by atoms with Crippen molar-refractivity contribution in [3.63, 3.8) is 0 Å². The van der Waals surface area contributed by atoms with Gasteiger partial charge in [0.1, 0.15) is 6.10 Å². The van der Waals surface area contributed by atoms with Crippen molar-refractivity contribution in [1.82, 2.24) is 0 Å². The molecule has 0 saturated carbocycles. The van der Waals surface area contributed by atoms with E-state index in [0.29, 0.717) is 18.6 Å². The van der Waals surface area contributed by atoms with Gasteiger partial charge in [0.25, 0.3) is 4.93 Å². The molecule has 0 aliphatic carbocycles. The fourth-order valence-corrected chi connectivity index (χ4v) is 3.77. The Hall–Kier alpha value is -0.190. The van der Waals surface area contributed by atoms with Crippen molar-refractivity contribution < 1.29 is 33.1 Å². The standard InChI is InChI=1S/C8H14O7S2/c9-4-6(10)8(12,17(13,14)15)7(11)5-2-1-3-16-5/h5-6,9-10,12H,1-4H2,(H,13,14,15). The molecular weight excluding hydrogens is 272 g/mol. The van der Waals surface area contributed by atoms with E-state index in [1.165, 1.54) is 0 Å². The molecule has 3 unspecified atom stereocenters. The van der Waals surface area contributed by atoms with Crippen LogP contribution in [0.15, 0.2) is 0 Å². The SMILES string of the molecule is O=C(C1CCCS1)C(O)(C(O)CO)S(=O)(=O)O. The Morgan fingerprint density at radius 2 is 2.12 bits per heavy atom. The zero-order valence-corrected chi connectivity index (χ0v) is 10.4. The molecule has 7 nitrogen and oxygen atoms in total. The van der Waals surface area contributed by atoms with Crippen LogP contribution in [0.1, 0.15) is 12.8 Å². The number of aliphatic hydroxyl groups is 3. The minimum atomic E-state index is -5.23. The van der Waals surface area contributed by atoms with Gasteiger partial charge in [0, 0.05) is 0 Å². The van der Waals surface area contributed by atoms with Gasteiger partial charge in [-0.3, -0.25) is 9.35 Å². The third-order valence-electron chi connectivity index (χ3n) is 2.59. The number of rotatable bonds is 5. The van der Waals surface area contributed by atoms with E-state index in [0.717, 1.165) is 11.8 Å². The van der Waals surface area contributed by atoms with Gasteiger partial charge >= 0.3 is 10.1 Å². The summed E-state index contributed by atoms with van der Waals surface area (Å²) in [5.74, 6) is -0.559. The minimum Gasteiger partial charge on any atom is -0.394 e. The van der Waals surface area contributed by atoms with E-state index in [4.69, 9.17) is 9.66 Å². The number of thioether (sulfide) groups is 1.